The number of ether oxygens (including phenoxy) is 1. The lowest BCUT2D eigenvalue weighted by Crippen LogP contribution is -2.32. The highest BCUT2D eigenvalue weighted by Crippen LogP contribution is 2.30. The topological polar surface area (TPSA) is 121 Å². The van der Waals surface area contributed by atoms with Crippen LogP contribution in [0.25, 0.3) is 22.4 Å². The Balaban J connectivity index is 1.50. The monoisotopic (exact) mass is 463 g/mol. The molecule has 1 amide bonds. The Morgan fingerprint density at radius 2 is 2.06 bits per heavy atom. The minimum Gasteiger partial charge on any atom is -0.479 e. The first kappa shape index (κ1) is 23.3. The van der Waals surface area contributed by atoms with Gasteiger partial charge in [0.15, 0.2) is 5.65 Å². The van der Waals surface area contributed by atoms with E-state index in [2.05, 4.69) is 25.5 Å². The molecule has 0 aliphatic heterocycles. The van der Waals surface area contributed by atoms with E-state index in [1.165, 1.54) is 0 Å². The lowest BCUT2D eigenvalue weighted by atomic mass is 9.99. The Kier molecular flexibility index (Phi) is 6.58. The average molecular weight is 464 g/mol. The van der Waals surface area contributed by atoms with Crippen LogP contribution in [0, 0.1) is 19.8 Å². The van der Waals surface area contributed by atoms with Crippen molar-refractivity contribution in [2.75, 3.05) is 7.11 Å². The van der Waals surface area contributed by atoms with Crippen molar-refractivity contribution < 1.29 is 14.1 Å². The van der Waals surface area contributed by atoms with E-state index < -0.39 is 6.04 Å². The van der Waals surface area contributed by atoms with Crippen molar-refractivity contribution in [1.29, 1.82) is 0 Å². The van der Waals surface area contributed by atoms with Crippen LogP contribution in [0.3, 0.4) is 0 Å². The third-order valence-corrected chi connectivity index (χ3v) is 5.93. The molecule has 0 saturated carbocycles. The number of amides is 1. The molecule has 4 aromatic heterocycles. The Bertz CT molecular complexity index is 1310. The number of methoxy groups -OCH3 is 1. The van der Waals surface area contributed by atoms with Crippen LogP contribution in [0.2, 0.25) is 0 Å². The van der Waals surface area contributed by atoms with Gasteiger partial charge < -0.3 is 14.6 Å². The van der Waals surface area contributed by atoms with E-state index in [0.29, 0.717) is 30.4 Å². The zero-order valence-electron chi connectivity index (χ0n) is 20.3. The molecule has 4 heterocycles. The van der Waals surface area contributed by atoms with Gasteiger partial charge in [-0.3, -0.25) is 9.78 Å². The van der Waals surface area contributed by atoms with Gasteiger partial charge in [0.05, 0.1) is 12.5 Å². The molecule has 4 rings (SSSR count). The number of rotatable bonds is 8. The van der Waals surface area contributed by atoms with E-state index >= 15 is 0 Å². The number of nitrogens with zero attached hydrogens (tertiary/aromatic N) is 6. The zero-order chi connectivity index (χ0) is 24.4. The molecule has 178 valence electrons. The summed E-state index contributed by atoms with van der Waals surface area (Å²) in [7, 11) is 3.44. The number of fused-ring (bicyclic) bond motifs is 1. The van der Waals surface area contributed by atoms with Gasteiger partial charge in [-0.1, -0.05) is 19.0 Å². The molecule has 1 N–H and O–H groups in total. The molecule has 10 nitrogen and oxygen atoms in total. The van der Waals surface area contributed by atoms with Crippen LogP contribution in [0.15, 0.2) is 29.0 Å². The van der Waals surface area contributed by atoms with Gasteiger partial charge in [0.1, 0.15) is 6.04 Å². The van der Waals surface area contributed by atoms with Gasteiger partial charge in [-0.15, -0.1) is 5.10 Å². The Hall–Kier alpha value is -3.82. The summed E-state index contributed by atoms with van der Waals surface area (Å²) in [6, 6.07) is 3.27. The Morgan fingerprint density at radius 1 is 1.26 bits per heavy atom. The van der Waals surface area contributed by atoms with Crippen LogP contribution in [0.5, 0.6) is 5.88 Å². The van der Waals surface area contributed by atoms with E-state index in [9.17, 15) is 4.79 Å². The van der Waals surface area contributed by atoms with Crippen molar-refractivity contribution in [2.24, 2.45) is 13.0 Å². The summed E-state index contributed by atoms with van der Waals surface area (Å²) in [6.45, 7) is 7.97. The summed E-state index contributed by atoms with van der Waals surface area (Å²) in [5.41, 5.74) is 4.44. The number of hydrogen-bond acceptors (Lipinski definition) is 8. The molecular formula is C24H29N7O3. The Labute approximate surface area is 197 Å². The maximum absolute atomic E-state index is 12.9. The molecule has 0 radical (unpaired) electrons. The molecule has 34 heavy (non-hydrogen) atoms. The molecule has 1 unspecified atom stereocenters. The molecule has 10 heteroatoms. The summed E-state index contributed by atoms with van der Waals surface area (Å²) in [4.78, 5) is 26.2. The van der Waals surface area contributed by atoms with Gasteiger partial charge in [-0.2, -0.15) is 4.98 Å². The second kappa shape index (κ2) is 9.58. The van der Waals surface area contributed by atoms with Crippen LogP contribution >= 0.6 is 0 Å². The molecular weight excluding hydrogens is 434 g/mol. The predicted octanol–water partition coefficient (Wildman–Crippen LogP) is 3.48. The average Bonchev–Trinajstić information content (AvgIpc) is 3.42. The predicted molar refractivity (Wildman–Crippen MR) is 126 cm³/mol. The first-order valence-corrected chi connectivity index (χ1v) is 11.2. The highest BCUT2D eigenvalue weighted by Gasteiger charge is 2.25. The molecule has 0 aromatic carbocycles. The lowest BCUT2D eigenvalue weighted by molar-refractivity contribution is -0.122. The van der Waals surface area contributed by atoms with Crippen molar-refractivity contribution in [1.82, 2.24) is 35.2 Å². The van der Waals surface area contributed by atoms with E-state index in [1.807, 2.05) is 46.9 Å². The SMILES string of the molecule is COc1nn(C)c2nc(C)c(CCC(=O)NC(c3nc(-c4cccnc4)no3)C(C)C)c(C)c12. The van der Waals surface area contributed by atoms with Gasteiger partial charge in [0.2, 0.25) is 23.5 Å². The molecule has 0 aliphatic rings. The zero-order valence-corrected chi connectivity index (χ0v) is 20.3. The summed E-state index contributed by atoms with van der Waals surface area (Å²) in [5.74, 6) is 1.31. The number of carbonyl (C=O) groups is 1. The molecule has 0 fully saturated rings. The van der Waals surface area contributed by atoms with Crippen LogP contribution in [0.4, 0.5) is 0 Å². The summed E-state index contributed by atoms with van der Waals surface area (Å²) in [6.07, 6.45) is 4.19. The fourth-order valence-corrected chi connectivity index (χ4v) is 4.08. The highest BCUT2D eigenvalue weighted by atomic mass is 16.5. The number of carbonyl (C=O) groups excluding carboxylic acids is 1. The summed E-state index contributed by atoms with van der Waals surface area (Å²) >= 11 is 0. The lowest BCUT2D eigenvalue weighted by Gasteiger charge is -2.19. The maximum Gasteiger partial charge on any atom is 0.249 e. The quantitative estimate of drug-likeness (QED) is 0.422. The fraction of sp³-hybridized carbons (Fsp3) is 0.417. The first-order chi connectivity index (χ1) is 16.3. The summed E-state index contributed by atoms with van der Waals surface area (Å²) < 4.78 is 12.6. The van der Waals surface area contributed by atoms with Gasteiger partial charge in [0, 0.05) is 37.1 Å². The van der Waals surface area contributed by atoms with Gasteiger partial charge in [-0.25, -0.2) is 9.67 Å². The molecule has 0 saturated heterocycles. The van der Waals surface area contributed by atoms with Crippen molar-refractivity contribution in [2.45, 2.75) is 46.6 Å². The molecule has 4 aromatic rings. The minimum absolute atomic E-state index is 0.0623. The van der Waals surface area contributed by atoms with E-state index in [4.69, 9.17) is 14.2 Å². The normalized spacial score (nSPS) is 12.3. The molecule has 1 atom stereocenters. The van der Waals surface area contributed by atoms with Crippen molar-refractivity contribution in [3.05, 3.63) is 47.2 Å². The van der Waals surface area contributed by atoms with Crippen LogP contribution in [-0.4, -0.2) is 42.9 Å². The first-order valence-electron chi connectivity index (χ1n) is 11.2. The van der Waals surface area contributed by atoms with E-state index in [0.717, 1.165) is 33.4 Å². The maximum atomic E-state index is 12.9. The Morgan fingerprint density at radius 3 is 2.74 bits per heavy atom. The number of hydrogen-bond donors (Lipinski definition) is 1. The number of pyridine rings is 2. The van der Waals surface area contributed by atoms with Crippen molar-refractivity contribution >= 4 is 16.9 Å². The van der Waals surface area contributed by atoms with Crippen LogP contribution in [0.1, 0.15) is 49.0 Å². The second-order valence-electron chi connectivity index (χ2n) is 8.62. The van der Waals surface area contributed by atoms with Crippen LogP contribution < -0.4 is 10.1 Å². The van der Waals surface area contributed by atoms with Crippen LogP contribution in [-0.2, 0) is 18.3 Å². The number of aryl methyl sites for hydroxylation is 3. The molecule has 0 spiro atoms. The van der Waals surface area contributed by atoms with Gasteiger partial charge >= 0.3 is 0 Å². The number of nitrogens with one attached hydrogen (secondary N) is 1. The standard InChI is InChI=1S/C24H29N7O3/c1-13(2)20(24-28-21(30-34-24)16-8-7-11-25-12-16)27-18(32)10-9-17-14(3)19-22(26-15(17)4)31(5)29-23(19)33-6/h7-8,11-13,20H,9-10H2,1-6H3,(H,27,32). The summed E-state index contributed by atoms with van der Waals surface area (Å²) in [5, 5.41) is 12.4. The molecule has 0 aliphatic carbocycles. The van der Waals surface area contributed by atoms with Gasteiger partial charge in [-0.05, 0) is 49.4 Å². The molecule has 0 bridgehead atoms. The van der Waals surface area contributed by atoms with Crippen molar-refractivity contribution in [3.63, 3.8) is 0 Å². The highest BCUT2D eigenvalue weighted by molar-refractivity contribution is 5.86. The fourth-order valence-electron chi connectivity index (χ4n) is 4.08. The van der Waals surface area contributed by atoms with E-state index in [1.54, 1.807) is 24.2 Å². The third kappa shape index (κ3) is 4.48. The largest absolute Gasteiger partial charge is 0.479 e. The smallest absolute Gasteiger partial charge is 0.249 e. The second-order valence-corrected chi connectivity index (χ2v) is 8.62. The number of aromatic nitrogens is 6. The van der Waals surface area contributed by atoms with E-state index in [-0.39, 0.29) is 11.8 Å². The van der Waals surface area contributed by atoms with Crippen molar-refractivity contribution in [3.8, 4) is 17.3 Å². The minimum atomic E-state index is -0.397. The third-order valence-electron chi connectivity index (χ3n) is 5.93. The van der Waals surface area contributed by atoms with Gasteiger partial charge in [0.25, 0.3) is 0 Å².